The minimum atomic E-state index is -0.398. The minimum absolute atomic E-state index is 0.0416. The lowest BCUT2D eigenvalue weighted by atomic mass is 9.99. The molecule has 0 radical (unpaired) electrons. The largest absolute Gasteiger partial charge is 0.361 e. The zero-order valence-electron chi connectivity index (χ0n) is 11.4. The fraction of sp³-hybridized carbons (Fsp3) is 0.188. The van der Waals surface area contributed by atoms with Gasteiger partial charge in [0.2, 0.25) is 0 Å². The van der Waals surface area contributed by atoms with Gasteiger partial charge in [0.05, 0.1) is 4.92 Å². The summed E-state index contributed by atoms with van der Waals surface area (Å²) in [6.07, 6.45) is 1.56. The van der Waals surface area contributed by atoms with Crippen molar-refractivity contribution in [2.45, 2.75) is 13.0 Å². The van der Waals surface area contributed by atoms with E-state index in [9.17, 15) is 14.9 Å². The van der Waals surface area contributed by atoms with Crippen LogP contribution in [0.5, 0.6) is 0 Å². The Balaban J connectivity index is 2.01. The van der Waals surface area contributed by atoms with E-state index in [4.69, 9.17) is 0 Å². The Labute approximate surface area is 122 Å². The maximum atomic E-state index is 11.2. The number of nitro benzene ring substituents is 1. The molecule has 2 aromatic rings. The first kappa shape index (κ1) is 13.3. The van der Waals surface area contributed by atoms with E-state index in [1.807, 2.05) is 23.1 Å². The molecular weight excluding hydrogens is 268 g/mol. The number of carbonyl (C=O) groups excluding carboxylic acids is 1. The van der Waals surface area contributed by atoms with Crippen LogP contribution in [0.1, 0.15) is 21.5 Å². The Hall–Kier alpha value is -2.69. The molecule has 1 heterocycles. The first-order valence-electron chi connectivity index (χ1n) is 6.74. The third kappa shape index (κ3) is 2.50. The summed E-state index contributed by atoms with van der Waals surface area (Å²) in [6.45, 7) is 1.33. The molecule has 5 nitrogen and oxygen atoms in total. The number of benzene rings is 2. The van der Waals surface area contributed by atoms with Crippen molar-refractivity contribution in [3.63, 3.8) is 0 Å². The van der Waals surface area contributed by atoms with Gasteiger partial charge in [-0.3, -0.25) is 14.9 Å². The van der Waals surface area contributed by atoms with Gasteiger partial charge in [0.1, 0.15) is 12.0 Å². The number of fused-ring (bicyclic) bond motifs is 1. The van der Waals surface area contributed by atoms with Gasteiger partial charge in [0, 0.05) is 24.7 Å². The van der Waals surface area contributed by atoms with E-state index in [0.717, 1.165) is 6.42 Å². The Morgan fingerprint density at radius 3 is 2.62 bits per heavy atom. The molecule has 0 aromatic heterocycles. The van der Waals surface area contributed by atoms with Crippen LogP contribution in [0.2, 0.25) is 0 Å². The van der Waals surface area contributed by atoms with E-state index < -0.39 is 4.92 Å². The van der Waals surface area contributed by atoms with Gasteiger partial charge < -0.3 is 4.90 Å². The summed E-state index contributed by atoms with van der Waals surface area (Å²) < 4.78 is 0. The molecular formula is C16H14N2O3. The molecule has 2 aromatic carbocycles. The van der Waals surface area contributed by atoms with Crippen molar-refractivity contribution in [3.8, 4) is 0 Å². The maximum absolute atomic E-state index is 11.2. The van der Waals surface area contributed by atoms with Gasteiger partial charge in [-0.25, -0.2) is 0 Å². The van der Waals surface area contributed by atoms with Crippen molar-refractivity contribution in [2.24, 2.45) is 0 Å². The topological polar surface area (TPSA) is 63.4 Å². The normalized spacial score (nSPS) is 13.6. The molecule has 5 heteroatoms. The molecule has 0 spiro atoms. The number of carbonyl (C=O) groups is 1. The average molecular weight is 282 g/mol. The summed E-state index contributed by atoms with van der Waals surface area (Å²) in [4.78, 5) is 23.7. The highest BCUT2D eigenvalue weighted by molar-refractivity contribution is 5.80. The zero-order valence-corrected chi connectivity index (χ0v) is 11.4. The number of rotatable bonds is 3. The Morgan fingerprint density at radius 2 is 1.90 bits per heavy atom. The molecule has 1 aliphatic rings. The van der Waals surface area contributed by atoms with Crippen molar-refractivity contribution in [3.05, 3.63) is 69.3 Å². The van der Waals surface area contributed by atoms with Gasteiger partial charge in [-0.15, -0.1) is 0 Å². The third-order valence-corrected chi connectivity index (χ3v) is 3.80. The summed E-state index contributed by atoms with van der Waals surface area (Å²) in [5, 5.41) is 11.2. The SMILES string of the molecule is O=Cc1ccc([N+](=O)[O-])c(N2CCc3ccccc3C2)c1. The van der Waals surface area contributed by atoms with E-state index in [2.05, 4.69) is 6.07 Å². The van der Waals surface area contributed by atoms with Crippen molar-refractivity contribution in [1.29, 1.82) is 0 Å². The molecule has 0 amide bonds. The second kappa shape index (κ2) is 5.36. The number of nitrogens with zero attached hydrogens (tertiary/aromatic N) is 2. The predicted molar refractivity (Wildman–Crippen MR) is 79.7 cm³/mol. The van der Waals surface area contributed by atoms with E-state index in [0.29, 0.717) is 30.6 Å². The van der Waals surface area contributed by atoms with Crippen LogP contribution in [0.25, 0.3) is 0 Å². The molecule has 0 bridgehead atoms. The Kier molecular flexibility index (Phi) is 3.39. The van der Waals surface area contributed by atoms with Crippen LogP contribution in [0.15, 0.2) is 42.5 Å². The summed E-state index contributed by atoms with van der Waals surface area (Å²) in [6, 6.07) is 12.6. The number of aldehydes is 1. The highest BCUT2D eigenvalue weighted by atomic mass is 16.6. The summed E-state index contributed by atoms with van der Waals surface area (Å²) in [7, 11) is 0. The average Bonchev–Trinajstić information content (AvgIpc) is 2.53. The standard InChI is InChI=1S/C16H14N2O3/c19-11-12-5-6-15(18(20)21)16(9-12)17-8-7-13-3-1-2-4-14(13)10-17/h1-6,9,11H,7-8,10H2. The maximum Gasteiger partial charge on any atom is 0.292 e. The third-order valence-electron chi connectivity index (χ3n) is 3.80. The number of hydrogen-bond acceptors (Lipinski definition) is 4. The van der Waals surface area contributed by atoms with E-state index in [-0.39, 0.29) is 5.69 Å². The van der Waals surface area contributed by atoms with Gasteiger partial charge in [-0.2, -0.15) is 0 Å². The first-order valence-corrected chi connectivity index (χ1v) is 6.74. The molecule has 0 saturated carbocycles. The zero-order chi connectivity index (χ0) is 14.8. The molecule has 0 N–H and O–H groups in total. The van der Waals surface area contributed by atoms with Crippen molar-refractivity contribution in [2.75, 3.05) is 11.4 Å². The van der Waals surface area contributed by atoms with E-state index in [1.54, 1.807) is 6.07 Å². The quantitative estimate of drug-likeness (QED) is 0.493. The molecule has 3 rings (SSSR count). The number of nitro groups is 1. The fourth-order valence-corrected chi connectivity index (χ4v) is 2.72. The lowest BCUT2D eigenvalue weighted by molar-refractivity contribution is -0.384. The van der Waals surface area contributed by atoms with Crippen LogP contribution in [-0.2, 0) is 13.0 Å². The monoisotopic (exact) mass is 282 g/mol. The van der Waals surface area contributed by atoms with Crippen LogP contribution in [0.4, 0.5) is 11.4 Å². The Morgan fingerprint density at radius 1 is 1.14 bits per heavy atom. The Bertz CT molecular complexity index is 712. The van der Waals surface area contributed by atoms with Gasteiger partial charge >= 0.3 is 0 Å². The molecule has 1 aliphatic heterocycles. The summed E-state index contributed by atoms with van der Waals surface area (Å²) in [5.41, 5.74) is 3.46. The summed E-state index contributed by atoms with van der Waals surface area (Å²) >= 11 is 0. The molecule has 0 atom stereocenters. The van der Waals surface area contributed by atoms with E-state index in [1.165, 1.54) is 23.3 Å². The van der Waals surface area contributed by atoms with Crippen LogP contribution >= 0.6 is 0 Å². The second-order valence-corrected chi connectivity index (χ2v) is 5.06. The summed E-state index contributed by atoms with van der Waals surface area (Å²) in [5.74, 6) is 0. The second-order valence-electron chi connectivity index (χ2n) is 5.06. The van der Waals surface area contributed by atoms with Gasteiger partial charge in [0.15, 0.2) is 0 Å². The van der Waals surface area contributed by atoms with Crippen molar-refractivity contribution in [1.82, 2.24) is 0 Å². The lowest BCUT2D eigenvalue weighted by Gasteiger charge is -2.30. The lowest BCUT2D eigenvalue weighted by Crippen LogP contribution is -2.30. The smallest absolute Gasteiger partial charge is 0.292 e. The van der Waals surface area contributed by atoms with Gasteiger partial charge in [-0.05, 0) is 29.7 Å². The van der Waals surface area contributed by atoms with Gasteiger partial charge in [0.25, 0.3) is 5.69 Å². The molecule has 0 saturated heterocycles. The minimum Gasteiger partial charge on any atom is -0.361 e. The van der Waals surface area contributed by atoms with Crippen LogP contribution in [0.3, 0.4) is 0 Å². The van der Waals surface area contributed by atoms with Crippen LogP contribution < -0.4 is 4.90 Å². The van der Waals surface area contributed by atoms with Crippen molar-refractivity contribution >= 4 is 17.7 Å². The fourth-order valence-electron chi connectivity index (χ4n) is 2.72. The molecule has 106 valence electrons. The highest BCUT2D eigenvalue weighted by Crippen LogP contribution is 2.32. The van der Waals surface area contributed by atoms with Gasteiger partial charge in [-0.1, -0.05) is 24.3 Å². The molecule has 21 heavy (non-hydrogen) atoms. The van der Waals surface area contributed by atoms with Crippen LogP contribution in [0, 0.1) is 10.1 Å². The number of anilines is 1. The number of hydrogen-bond donors (Lipinski definition) is 0. The van der Waals surface area contributed by atoms with Crippen molar-refractivity contribution < 1.29 is 9.72 Å². The van der Waals surface area contributed by atoms with E-state index >= 15 is 0 Å². The molecule has 0 unspecified atom stereocenters. The molecule has 0 fully saturated rings. The van der Waals surface area contributed by atoms with Crippen LogP contribution in [-0.4, -0.2) is 17.8 Å². The highest BCUT2D eigenvalue weighted by Gasteiger charge is 2.23. The predicted octanol–water partition coefficient (Wildman–Crippen LogP) is 2.97. The first-order chi connectivity index (χ1) is 10.2. The molecule has 0 aliphatic carbocycles.